The van der Waals surface area contributed by atoms with E-state index in [-0.39, 0.29) is 0 Å². The first kappa shape index (κ1) is 40.2. The molecule has 2 saturated heterocycles. The van der Waals surface area contributed by atoms with Gasteiger partial charge in [0, 0.05) is 62.6 Å². The third-order valence-corrected chi connectivity index (χ3v) is 10.5. The highest BCUT2D eigenvalue weighted by Gasteiger charge is 2.21. The first-order valence-corrected chi connectivity index (χ1v) is 20.4. The van der Waals surface area contributed by atoms with Gasteiger partial charge in [-0.05, 0) is 60.5 Å². The molecular weight excluding hydrogens is 775 g/mol. The van der Waals surface area contributed by atoms with E-state index < -0.39 is 7.12 Å². The van der Waals surface area contributed by atoms with Gasteiger partial charge in [0.2, 0.25) is 0 Å². The second-order valence-corrected chi connectivity index (χ2v) is 15.4. The number of aromatic nitrogens is 8. The van der Waals surface area contributed by atoms with Gasteiger partial charge in [0.25, 0.3) is 0 Å². The SMILES string of the molecule is CC1CCN(c2cccc(Nc3cc(-c4ccccc4)nn4ccnc34)n2)C1.CC1CCN(c2cccc(Nc3cc(Cl)nn4ccnc34)n2)C1.OB(O)c1ccccc1. The fourth-order valence-corrected chi connectivity index (χ4v) is 7.45. The van der Waals surface area contributed by atoms with E-state index >= 15 is 0 Å². The maximum Gasteiger partial charge on any atom is 0.488 e. The van der Waals surface area contributed by atoms with Crippen LogP contribution in [-0.2, 0) is 0 Å². The quantitative estimate of drug-likeness (QED) is 0.115. The summed E-state index contributed by atoms with van der Waals surface area (Å²) in [4.78, 5) is 23.0. The molecule has 0 saturated carbocycles. The zero-order valence-corrected chi connectivity index (χ0v) is 34.2. The van der Waals surface area contributed by atoms with Crippen LogP contribution in [0.4, 0.5) is 34.6 Å². The lowest BCUT2D eigenvalue weighted by molar-refractivity contribution is 0.426. The smallest absolute Gasteiger partial charge is 0.423 e. The summed E-state index contributed by atoms with van der Waals surface area (Å²) >= 11 is 6.07. The molecule has 8 heterocycles. The molecule has 0 bridgehead atoms. The third kappa shape index (κ3) is 9.83. The number of benzene rings is 2. The standard InChI is InChI=1S/C22H22N6.C16H17ClN6.C6H7BO2/c1-16-10-12-27(15-16)21-9-5-8-20(25-21)24-19-14-18(17-6-3-2-4-7-17)26-28-13-11-23-22(19)28;1-11-5-7-22(10-11)15-4-2-3-14(20-15)19-12-9-13(17)21-23-8-6-18-16(12)23;8-7(9)6-4-2-1-3-5-6/h2-9,11,13-14,16H,10,12,15H2,1H3,(H,24,25);2-4,6,8-9,11H,5,7,10H2,1H3,(H,19,20);1-5,8-9H. The molecule has 8 aromatic rings. The average molecular weight is 821 g/mol. The van der Waals surface area contributed by atoms with Crippen LogP contribution in [0.5, 0.6) is 0 Å². The number of fused-ring (bicyclic) bond motifs is 2. The van der Waals surface area contributed by atoms with Crippen LogP contribution in [0.2, 0.25) is 5.15 Å². The van der Waals surface area contributed by atoms with Gasteiger partial charge in [-0.1, -0.05) is 98.2 Å². The Hall–Kier alpha value is -6.55. The minimum atomic E-state index is -1.34. The van der Waals surface area contributed by atoms with Gasteiger partial charge in [-0.3, -0.25) is 0 Å². The summed E-state index contributed by atoms with van der Waals surface area (Å²) in [5.41, 5.74) is 5.65. The van der Waals surface area contributed by atoms with E-state index in [0.717, 1.165) is 95.2 Å². The van der Waals surface area contributed by atoms with Crippen LogP contribution in [0, 0.1) is 11.8 Å². The van der Waals surface area contributed by atoms with E-state index in [1.807, 2.05) is 60.8 Å². The number of rotatable bonds is 8. The molecule has 2 atom stereocenters. The molecule has 0 amide bonds. The molecular formula is C44H46BClN12O2. The maximum absolute atomic E-state index is 8.58. The summed E-state index contributed by atoms with van der Waals surface area (Å²) < 4.78 is 3.45. The number of nitrogens with one attached hydrogen (secondary N) is 2. The van der Waals surface area contributed by atoms with Crippen molar-refractivity contribution in [2.45, 2.75) is 26.7 Å². The van der Waals surface area contributed by atoms with Crippen molar-refractivity contribution < 1.29 is 10.0 Å². The van der Waals surface area contributed by atoms with Crippen LogP contribution in [0.25, 0.3) is 22.6 Å². The van der Waals surface area contributed by atoms with Crippen LogP contribution < -0.4 is 25.9 Å². The van der Waals surface area contributed by atoms with E-state index in [1.54, 1.807) is 58.0 Å². The molecule has 0 radical (unpaired) electrons. The lowest BCUT2D eigenvalue weighted by Crippen LogP contribution is -2.29. The zero-order chi connectivity index (χ0) is 41.4. The van der Waals surface area contributed by atoms with Crippen LogP contribution in [-0.4, -0.2) is 82.5 Å². The summed E-state index contributed by atoms with van der Waals surface area (Å²) in [5.74, 6) is 5.04. The lowest BCUT2D eigenvalue weighted by Gasteiger charge is -2.18. The Kier molecular flexibility index (Phi) is 12.5. The van der Waals surface area contributed by atoms with Gasteiger partial charge in [0.1, 0.15) is 23.3 Å². The van der Waals surface area contributed by atoms with Crippen molar-refractivity contribution in [2.24, 2.45) is 11.8 Å². The second kappa shape index (κ2) is 18.6. The number of imidazole rings is 2. The first-order chi connectivity index (χ1) is 29.3. The lowest BCUT2D eigenvalue weighted by atomic mass is 9.81. The van der Waals surface area contributed by atoms with E-state index in [0.29, 0.717) is 10.6 Å². The topological polar surface area (TPSA) is 157 Å². The molecule has 60 heavy (non-hydrogen) atoms. The summed E-state index contributed by atoms with van der Waals surface area (Å²) in [7, 11) is -1.34. The first-order valence-electron chi connectivity index (χ1n) is 20.0. The minimum absolute atomic E-state index is 0.405. The Morgan fingerprint density at radius 3 is 1.65 bits per heavy atom. The van der Waals surface area contributed by atoms with Crippen molar-refractivity contribution in [3.05, 3.63) is 139 Å². The summed E-state index contributed by atoms with van der Waals surface area (Å²) in [6, 6.07) is 34.7. The average Bonchev–Trinajstić information content (AvgIpc) is 4.11. The molecule has 2 aromatic carbocycles. The van der Waals surface area contributed by atoms with Gasteiger partial charge in [-0.2, -0.15) is 10.2 Å². The molecule has 4 N–H and O–H groups in total. The number of halogens is 1. The Morgan fingerprint density at radius 2 is 1.15 bits per heavy atom. The molecule has 2 unspecified atom stereocenters. The van der Waals surface area contributed by atoms with Crippen molar-refractivity contribution in [2.75, 3.05) is 46.6 Å². The van der Waals surface area contributed by atoms with Crippen molar-refractivity contribution in [1.82, 2.24) is 39.2 Å². The van der Waals surface area contributed by atoms with E-state index in [1.165, 1.54) is 12.8 Å². The Labute approximate surface area is 353 Å². The van der Waals surface area contributed by atoms with Gasteiger partial charge >= 0.3 is 7.12 Å². The minimum Gasteiger partial charge on any atom is -0.423 e. The monoisotopic (exact) mass is 820 g/mol. The molecule has 10 rings (SSSR count). The highest BCUT2D eigenvalue weighted by Crippen LogP contribution is 2.29. The number of anilines is 6. The molecule has 16 heteroatoms. The predicted molar refractivity (Wildman–Crippen MR) is 240 cm³/mol. The highest BCUT2D eigenvalue weighted by atomic mass is 35.5. The molecule has 304 valence electrons. The van der Waals surface area contributed by atoms with E-state index in [4.69, 9.17) is 31.6 Å². The Bertz CT molecular complexity index is 2650. The normalized spacial score (nSPS) is 15.9. The summed E-state index contributed by atoms with van der Waals surface area (Å²) in [6.45, 7) is 8.81. The largest absolute Gasteiger partial charge is 0.488 e. The molecule has 2 aliphatic rings. The van der Waals surface area contributed by atoms with Crippen LogP contribution in [0.1, 0.15) is 26.7 Å². The molecule has 2 aliphatic heterocycles. The molecule has 14 nitrogen and oxygen atoms in total. The zero-order valence-electron chi connectivity index (χ0n) is 33.4. The molecule has 6 aromatic heterocycles. The van der Waals surface area contributed by atoms with Crippen molar-refractivity contribution in [1.29, 1.82) is 0 Å². The van der Waals surface area contributed by atoms with Crippen LogP contribution in [0.15, 0.2) is 134 Å². The van der Waals surface area contributed by atoms with E-state index in [2.05, 4.69) is 78.7 Å². The Balaban J connectivity index is 0.000000140. The van der Waals surface area contributed by atoms with Gasteiger partial charge in [0.05, 0.1) is 17.1 Å². The summed E-state index contributed by atoms with van der Waals surface area (Å²) in [6.07, 6.45) is 9.52. The van der Waals surface area contributed by atoms with Gasteiger partial charge < -0.3 is 30.5 Å². The second-order valence-electron chi connectivity index (χ2n) is 15.1. The molecule has 0 spiro atoms. The number of nitrogens with zero attached hydrogens (tertiary/aromatic N) is 10. The van der Waals surface area contributed by atoms with Crippen molar-refractivity contribution >= 4 is 70.1 Å². The number of hydrogen-bond acceptors (Lipinski definition) is 12. The number of pyridine rings is 2. The van der Waals surface area contributed by atoms with Gasteiger partial charge in [-0.15, -0.1) is 0 Å². The van der Waals surface area contributed by atoms with Gasteiger partial charge in [0.15, 0.2) is 16.4 Å². The van der Waals surface area contributed by atoms with Crippen molar-refractivity contribution in [3.63, 3.8) is 0 Å². The predicted octanol–water partition coefficient (Wildman–Crippen LogP) is 7.12. The summed E-state index contributed by atoms with van der Waals surface area (Å²) in [5, 5.41) is 33.2. The molecule has 0 aliphatic carbocycles. The third-order valence-electron chi connectivity index (χ3n) is 10.3. The number of hydrogen-bond donors (Lipinski definition) is 4. The van der Waals surface area contributed by atoms with E-state index in [9.17, 15) is 0 Å². The van der Waals surface area contributed by atoms with Gasteiger partial charge in [-0.25, -0.2) is 29.0 Å². The van der Waals surface area contributed by atoms with Crippen LogP contribution in [0.3, 0.4) is 0 Å². The molecule has 2 fully saturated rings. The highest BCUT2D eigenvalue weighted by molar-refractivity contribution is 6.58. The maximum atomic E-state index is 8.58. The fraction of sp³-hybridized carbons (Fsp3) is 0.227. The van der Waals surface area contributed by atoms with Crippen LogP contribution >= 0.6 is 11.6 Å². The Morgan fingerprint density at radius 1 is 0.633 bits per heavy atom. The fourth-order valence-electron chi connectivity index (χ4n) is 7.26. The van der Waals surface area contributed by atoms with Crippen molar-refractivity contribution in [3.8, 4) is 11.3 Å².